The Hall–Kier alpha value is -1.58. The number of nitrogens with zero attached hydrogens (tertiary/aromatic N) is 1. The summed E-state index contributed by atoms with van der Waals surface area (Å²) in [4.78, 5) is 15.8. The zero-order valence-electron chi connectivity index (χ0n) is 11.0. The van der Waals surface area contributed by atoms with Crippen molar-refractivity contribution in [3.8, 4) is 0 Å². The molecular formula is C14H20N2O2. The molecule has 98 valence electrons. The lowest BCUT2D eigenvalue weighted by Gasteiger charge is -2.18. The van der Waals surface area contributed by atoms with Crippen LogP contribution in [0.2, 0.25) is 0 Å². The molecule has 2 rings (SSSR count). The van der Waals surface area contributed by atoms with Crippen molar-refractivity contribution in [2.75, 3.05) is 11.9 Å². The largest absolute Gasteiger partial charge is 0.478 e. The number of hydrogen-bond acceptors (Lipinski definition) is 3. The fourth-order valence-electron chi connectivity index (χ4n) is 2.23. The van der Waals surface area contributed by atoms with E-state index in [1.165, 1.54) is 0 Å². The van der Waals surface area contributed by atoms with E-state index in [9.17, 15) is 9.90 Å². The lowest BCUT2D eigenvalue weighted by molar-refractivity contribution is 0.0697. The van der Waals surface area contributed by atoms with Gasteiger partial charge in [0.15, 0.2) is 0 Å². The van der Waals surface area contributed by atoms with Crippen molar-refractivity contribution < 1.29 is 9.90 Å². The van der Waals surface area contributed by atoms with Crippen LogP contribution in [0.3, 0.4) is 0 Å². The first kappa shape index (κ1) is 12.9. The summed E-state index contributed by atoms with van der Waals surface area (Å²) in [6.45, 7) is 4.92. The second kappa shape index (κ2) is 5.38. The molecule has 18 heavy (non-hydrogen) atoms. The van der Waals surface area contributed by atoms with E-state index in [4.69, 9.17) is 0 Å². The summed E-state index contributed by atoms with van der Waals surface area (Å²) in [5.41, 5.74) is 2.47. The smallest absolute Gasteiger partial charge is 0.339 e. The number of aromatic carboxylic acids is 1. The van der Waals surface area contributed by atoms with E-state index in [0.717, 1.165) is 43.5 Å². The fraction of sp³-hybridized carbons (Fsp3) is 0.571. The Labute approximate surface area is 107 Å². The Balaban J connectivity index is 2.33. The van der Waals surface area contributed by atoms with Gasteiger partial charge in [0.1, 0.15) is 11.4 Å². The number of nitrogens with one attached hydrogen (secondary N) is 1. The minimum Gasteiger partial charge on any atom is -0.478 e. The number of rotatable bonds is 4. The molecule has 0 bridgehead atoms. The number of aromatic nitrogens is 1. The highest BCUT2D eigenvalue weighted by molar-refractivity contribution is 5.93. The van der Waals surface area contributed by atoms with Gasteiger partial charge in [-0.3, -0.25) is 0 Å². The molecule has 0 saturated heterocycles. The number of carbonyl (C=O) groups is 1. The quantitative estimate of drug-likeness (QED) is 0.860. The second-order valence-electron chi connectivity index (χ2n) is 5.28. The lowest BCUT2D eigenvalue weighted by atomic mass is 9.94. The summed E-state index contributed by atoms with van der Waals surface area (Å²) < 4.78 is 0. The molecule has 1 aliphatic carbocycles. The van der Waals surface area contributed by atoms with E-state index >= 15 is 0 Å². The van der Waals surface area contributed by atoms with Crippen LogP contribution in [0.1, 0.15) is 48.3 Å². The molecule has 0 amide bonds. The van der Waals surface area contributed by atoms with Crippen LogP contribution in [0.4, 0.5) is 5.82 Å². The van der Waals surface area contributed by atoms with Gasteiger partial charge >= 0.3 is 5.97 Å². The number of pyridine rings is 1. The van der Waals surface area contributed by atoms with Crippen LogP contribution in [-0.4, -0.2) is 22.6 Å². The average molecular weight is 248 g/mol. The highest BCUT2D eigenvalue weighted by Crippen LogP contribution is 2.24. The molecule has 0 aliphatic heterocycles. The van der Waals surface area contributed by atoms with Gasteiger partial charge in [0, 0.05) is 12.2 Å². The SMILES string of the molecule is CC(C)CNc1nc2c(cc1C(=O)O)CCCC2. The lowest BCUT2D eigenvalue weighted by Crippen LogP contribution is -2.16. The van der Waals surface area contributed by atoms with E-state index in [1.807, 2.05) is 0 Å². The van der Waals surface area contributed by atoms with Crippen LogP contribution in [0.15, 0.2) is 6.07 Å². The Morgan fingerprint density at radius 1 is 1.44 bits per heavy atom. The van der Waals surface area contributed by atoms with E-state index < -0.39 is 5.97 Å². The van der Waals surface area contributed by atoms with Gasteiger partial charge in [-0.15, -0.1) is 0 Å². The maximum Gasteiger partial charge on any atom is 0.339 e. The fourth-order valence-corrected chi connectivity index (χ4v) is 2.23. The van der Waals surface area contributed by atoms with Gasteiger partial charge in [0.25, 0.3) is 0 Å². The van der Waals surface area contributed by atoms with Crippen molar-refractivity contribution >= 4 is 11.8 Å². The van der Waals surface area contributed by atoms with Gasteiger partial charge in [0.05, 0.1) is 0 Å². The van der Waals surface area contributed by atoms with E-state index in [2.05, 4.69) is 24.1 Å². The van der Waals surface area contributed by atoms with E-state index in [0.29, 0.717) is 17.3 Å². The number of fused-ring (bicyclic) bond motifs is 1. The van der Waals surface area contributed by atoms with Crippen LogP contribution < -0.4 is 5.32 Å². The Morgan fingerprint density at radius 2 is 2.17 bits per heavy atom. The van der Waals surface area contributed by atoms with Crippen LogP contribution in [0.25, 0.3) is 0 Å². The molecule has 0 spiro atoms. The van der Waals surface area contributed by atoms with Crippen LogP contribution in [0.5, 0.6) is 0 Å². The summed E-state index contributed by atoms with van der Waals surface area (Å²) in [6, 6.07) is 1.80. The van der Waals surface area contributed by atoms with E-state index in [1.54, 1.807) is 6.07 Å². The summed E-state index contributed by atoms with van der Waals surface area (Å²) >= 11 is 0. The standard InChI is InChI=1S/C14H20N2O2/c1-9(2)8-15-13-11(14(17)18)7-10-5-3-4-6-12(10)16-13/h7,9H,3-6,8H2,1-2H3,(H,15,16)(H,17,18). The predicted octanol–water partition coefficient (Wildman–Crippen LogP) is 2.73. The first-order chi connectivity index (χ1) is 8.58. The third kappa shape index (κ3) is 2.81. The van der Waals surface area contributed by atoms with Crippen molar-refractivity contribution in [3.63, 3.8) is 0 Å². The first-order valence-corrected chi connectivity index (χ1v) is 6.58. The summed E-state index contributed by atoms with van der Waals surface area (Å²) in [6.07, 6.45) is 4.20. The topological polar surface area (TPSA) is 62.2 Å². The molecule has 1 aliphatic rings. The number of carboxylic acids is 1. The molecule has 1 aromatic rings. The molecule has 1 aromatic heterocycles. The zero-order valence-corrected chi connectivity index (χ0v) is 11.0. The summed E-state index contributed by atoms with van der Waals surface area (Å²) in [5.74, 6) is 0.0865. The van der Waals surface area contributed by atoms with Gasteiger partial charge in [-0.2, -0.15) is 0 Å². The molecule has 1 heterocycles. The van der Waals surface area contributed by atoms with Crippen molar-refractivity contribution in [3.05, 3.63) is 22.9 Å². The van der Waals surface area contributed by atoms with Crippen LogP contribution in [-0.2, 0) is 12.8 Å². The third-order valence-electron chi connectivity index (χ3n) is 3.21. The van der Waals surface area contributed by atoms with Crippen molar-refractivity contribution in [1.29, 1.82) is 0 Å². The minimum absolute atomic E-state index is 0.302. The Kier molecular flexibility index (Phi) is 3.84. The Bertz CT molecular complexity index is 455. The maximum absolute atomic E-state index is 11.3. The van der Waals surface area contributed by atoms with Gasteiger partial charge in [-0.25, -0.2) is 9.78 Å². The molecule has 4 nitrogen and oxygen atoms in total. The van der Waals surface area contributed by atoms with Crippen molar-refractivity contribution in [2.24, 2.45) is 5.92 Å². The van der Waals surface area contributed by atoms with Crippen LogP contribution >= 0.6 is 0 Å². The molecule has 2 N–H and O–H groups in total. The Morgan fingerprint density at radius 3 is 2.83 bits per heavy atom. The molecular weight excluding hydrogens is 228 g/mol. The number of anilines is 1. The zero-order chi connectivity index (χ0) is 13.1. The monoisotopic (exact) mass is 248 g/mol. The van der Waals surface area contributed by atoms with Gasteiger partial charge in [0.2, 0.25) is 0 Å². The molecule has 0 radical (unpaired) electrons. The van der Waals surface area contributed by atoms with Gasteiger partial charge < -0.3 is 10.4 Å². The highest BCUT2D eigenvalue weighted by atomic mass is 16.4. The van der Waals surface area contributed by atoms with E-state index in [-0.39, 0.29) is 0 Å². The molecule has 0 unspecified atom stereocenters. The molecule has 0 aromatic carbocycles. The number of aryl methyl sites for hydroxylation is 2. The maximum atomic E-state index is 11.3. The molecule has 0 saturated carbocycles. The minimum atomic E-state index is -0.901. The molecule has 4 heteroatoms. The van der Waals surface area contributed by atoms with Crippen LogP contribution in [0, 0.1) is 5.92 Å². The van der Waals surface area contributed by atoms with Crippen molar-refractivity contribution in [2.45, 2.75) is 39.5 Å². The second-order valence-corrected chi connectivity index (χ2v) is 5.28. The number of hydrogen-bond donors (Lipinski definition) is 2. The van der Waals surface area contributed by atoms with Gasteiger partial charge in [-0.1, -0.05) is 13.8 Å². The average Bonchev–Trinajstić information content (AvgIpc) is 2.35. The number of carboxylic acid groups (broad SMARTS) is 1. The van der Waals surface area contributed by atoms with Gasteiger partial charge in [-0.05, 0) is 43.2 Å². The molecule has 0 fully saturated rings. The normalized spacial score (nSPS) is 14.4. The predicted molar refractivity (Wildman–Crippen MR) is 71.2 cm³/mol. The summed E-state index contributed by atoms with van der Waals surface area (Å²) in [5, 5.41) is 12.4. The highest BCUT2D eigenvalue weighted by Gasteiger charge is 2.18. The first-order valence-electron chi connectivity index (χ1n) is 6.58. The summed E-state index contributed by atoms with van der Waals surface area (Å²) in [7, 11) is 0. The van der Waals surface area contributed by atoms with Crippen molar-refractivity contribution in [1.82, 2.24) is 4.98 Å². The third-order valence-corrected chi connectivity index (χ3v) is 3.21. The molecule has 0 atom stereocenters.